The molecule has 0 aliphatic heterocycles. The number of hydrogen-bond donors (Lipinski definition) is 2. The number of carbonyl (C=O) groups is 1. The minimum Gasteiger partial charge on any atom is -0.382 e. The Hall–Kier alpha value is -2.43. The predicted octanol–water partition coefficient (Wildman–Crippen LogP) is 1.87. The molecule has 1 aromatic heterocycles. The molecule has 0 bridgehead atoms. The standard InChI is InChI=1S/C15H16N4O/c16-14-9-17-8-13(18-14)15(20)19-12-7-3-5-10-4-1-2-6-11(10)12/h1-2,4,6,8-9,12H,3,5,7H2,(H2,16,18)(H,19,20). The van der Waals surface area contributed by atoms with Gasteiger partial charge in [0.05, 0.1) is 18.4 Å². The number of benzene rings is 1. The van der Waals surface area contributed by atoms with Gasteiger partial charge in [-0.1, -0.05) is 24.3 Å². The van der Waals surface area contributed by atoms with E-state index in [9.17, 15) is 4.79 Å². The van der Waals surface area contributed by atoms with Gasteiger partial charge in [0.1, 0.15) is 11.5 Å². The normalized spacial score (nSPS) is 17.3. The maximum Gasteiger partial charge on any atom is 0.272 e. The number of nitrogen functional groups attached to an aromatic ring is 1. The Balaban J connectivity index is 1.81. The van der Waals surface area contributed by atoms with Crippen molar-refractivity contribution < 1.29 is 4.79 Å². The van der Waals surface area contributed by atoms with Gasteiger partial charge in [-0.2, -0.15) is 0 Å². The van der Waals surface area contributed by atoms with E-state index in [1.165, 1.54) is 23.5 Å². The fourth-order valence-electron chi connectivity index (χ4n) is 2.63. The molecule has 1 atom stereocenters. The molecule has 0 saturated heterocycles. The molecule has 1 amide bonds. The van der Waals surface area contributed by atoms with Crippen LogP contribution in [0.15, 0.2) is 36.7 Å². The monoisotopic (exact) mass is 268 g/mol. The first kappa shape index (κ1) is 12.6. The van der Waals surface area contributed by atoms with Crippen LogP contribution < -0.4 is 11.1 Å². The quantitative estimate of drug-likeness (QED) is 0.871. The van der Waals surface area contributed by atoms with Crippen LogP contribution in [0.25, 0.3) is 0 Å². The van der Waals surface area contributed by atoms with Gasteiger partial charge < -0.3 is 11.1 Å². The molecule has 5 heteroatoms. The highest BCUT2D eigenvalue weighted by Gasteiger charge is 2.22. The molecule has 5 nitrogen and oxygen atoms in total. The van der Waals surface area contributed by atoms with Crippen LogP contribution in [0, 0.1) is 0 Å². The summed E-state index contributed by atoms with van der Waals surface area (Å²) < 4.78 is 0. The Kier molecular flexibility index (Phi) is 3.33. The second kappa shape index (κ2) is 5.28. The molecule has 2 aromatic rings. The summed E-state index contributed by atoms with van der Waals surface area (Å²) in [5, 5.41) is 3.02. The number of fused-ring (bicyclic) bond motifs is 1. The molecule has 3 N–H and O–H groups in total. The van der Waals surface area contributed by atoms with Gasteiger partial charge in [0, 0.05) is 0 Å². The summed E-state index contributed by atoms with van der Waals surface area (Å²) in [6, 6.07) is 8.27. The maximum absolute atomic E-state index is 12.2. The lowest BCUT2D eigenvalue weighted by Crippen LogP contribution is -2.31. The molecule has 1 aliphatic rings. The largest absolute Gasteiger partial charge is 0.382 e. The minimum atomic E-state index is -0.230. The number of nitrogens with two attached hydrogens (primary N) is 1. The Morgan fingerprint density at radius 2 is 2.15 bits per heavy atom. The molecule has 0 radical (unpaired) electrons. The summed E-state index contributed by atoms with van der Waals surface area (Å²) in [6.45, 7) is 0. The lowest BCUT2D eigenvalue weighted by Gasteiger charge is -2.26. The summed E-state index contributed by atoms with van der Waals surface area (Å²) in [6.07, 6.45) is 5.94. The van der Waals surface area contributed by atoms with Gasteiger partial charge in [-0.3, -0.25) is 9.78 Å². The van der Waals surface area contributed by atoms with Crippen molar-refractivity contribution in [1.29, 1.82) is 0 Å². The molecular formula is C15H16N4O. The summed E-state index contributed by atoms with van der Waals surface area (Å²) in [5.41, 5.74) is 8.32. The minimum absolute atomic E-state index is 0.0377. The molecule has 3 rings (SSSR count). The summed E-state index contributed by atoms with van der Waals surface area (Å²) >= 11 is 0. The smallest absolute Gasteiger partial charge is 0.272 e. The first-order chi connectivity index (χ1) is 9.74. The van der Waals surface area contributed by atoms with Crippen LogP contribution in [-0.2, 0) is 6.42 Å². The van der Waals surface area contributed by atoms with Crippen LogP contribution in [0.1, 0.15) is 40.5 Å². The number of aryl methyl sites for hydroxylation is 1. The molecule has 0 saturated carbocycles. The predicted molar refractivity (Wildman–Crippen MR) is 76.0 cm³/mol. The number of nitrogens with one attached hydrogen (secondary N) is 1. The van der Waals surface area contributed by atoms with Crippen molar-refractivity contribution >= 4 is 11.7 Å². The molecular weight excluding hydrogens is 252 g/mol. The third-order valence-electron chi connectivity index (χ3n) is 3.56. The summed E-state index contributed by atoms with van der Waals surface area (Å²) in [4.78, 5) is 20.1. The van der Waals surface area contributed by atoms with Gasteiger partial charge in [-0.15, -0.1) is 0 Å². The Morgan fingerprint density at radius 1 is 1.30 bits per heavy atom. The van der Waals surface area contributed by atoms with Crippen LogP contribution >= 0.6 is 0 Å². The second-order valence-corrected chi connectivity index (χ2v) is 4.95. The van der Waals surface area contributed by atoms with E-state index < -0.39 is 0 Å². The highest BCUT2D eigenvalue weighted by Crippen LogP contribution is 2.29. The van der Waals surface area contributed by atoms with Crippen molar-refractivity contribution in [3.63, 3.8) is 0 Å². The number of anilines is 1. The van der Waals surface area contributed by atoms with Gasteiger partial charge in [-0.05, 0) is 30.4 Å². The van der Waals surface area contributed by atoms with Gasteiger partial charge in [-0.25, -0.2) is 4.98 Å². The van der Waals surface area contributed by atoms with E-state index in [0.717, 1.165) is 19.3 Å². The number of aromatic nitrogens is 2. The van der Waals surface area contributed by atoms with Crippen LogP contribution in [0.2, 0.25) is 0 Å². The average molecular weight is 268 g/mol. The third-order valence-corrected chi connectivity index (χ3v) is 3.56. The first-order valence-electron chi connectivity index (χ1n) is 6.70. The lowest BCUT2D eigenvalue weighted by atomic mass is 9.88. The highest BCUT2D eigenvalue weighted by molar-refractivity contribution is 5.92. The molecule has 1 heterocycles. The van der Waals surface area contributed by atoms with E-state index in [0.29, 0.717) is 0 Å². The number of hydrogen-bond acceptors (Lipinski definition) is 4. The van der Waals surface area contributed by atoms with Gasteiger partial charge >= 0.3 is 0 Å². The molecule has 20 heavy (non-hydrogen) atoms. The number of carbonyl (C=O) groups excluding carboxylic acids is 1. The Morgan fingerprint density at radius 3 is 3.00 bits per heavy atom. The second-order valence-electron chi connectivity index (χ2n) is 4.95. The van der Waals surface area contributed by atoms with Crippen molar-refractivity contribution in [2.24, 2.45) is 0 Å². The Bertz CT molecular complexity index is 641. The molecule has 1 unspecified atom stereocenters. The number of amides is 1. The van der Waals surface area contributed by atoms with E-state index in [2.05, 4.69) is 27.4 Å². The van der Waals surface area contributed by atoms with Crippen molar-refractivity contribution in [3.8, 4) is 0 Å². The van der Waals surface area contributed by atoms with Crippen LogP contribution in [-0.4, -0.2) is 15.9 Å². The zero-order valence-electron chi connectivity index (χ0n) is 11.0. The highest BCUT2D eigenvalue weighted by atomic mass is 16.1. The molecule has 102 valence electrons. The number of rotatable bonds is 2. The third kappa shape index (κ3) is 2.47. The summed E-state index contributed by atoms with van der Waals surface area (Å²) in [7, 11) is 0. The van der Waals surface area contributed by atoms with Crippen LogP contribution in [0.4, 0.5) is 5.82 Å². The van der Waals surface area contributed by atoms with Crippen LogP contribution in [0.5, 0.6) is 0 Å². The van der Waals surface area contributed by atoms with Gasteiger partial charge in [0.15, 0.2) is 0 Å². The lowest BCUT2D eigenvalue weighted by molar-refractivity contribution is 0.0927. The summed E-state index contributed by atoms with van der Waals surface area (Å²) in [5.74, 6) is 0.0215. The van der Waals surface area contributed by atoms with Crippen LogP contribution in [0.3, 0.4) is 0 Å². The fourth-order valence-corrected chi connectivity index (χ4v) is 2.63. The van der Waals surface area contributed by atoms with Crippen molar-refractivity contribution in [1.82, 2.24) is 15.3 Å². The zero-order chi connectivity index (χ0) is 13.9. The molecule has 1 aromatic carbocycles. The number of nitrogens with zero attached hydrogens (tertiary/aromatic N) is 2. The Labute approximate surface area is 117 Å². The zero-order valence-corrected chi connectivity index (χ0v) is 11.0. The van der Waals surface area contributed by atoms with E-state index in [1.54, 1.807) is 0 Å². The van der Waals surface area contributed by atoms with Crippen molar-refractivity contribution in [2.45, 2.75) is 25.3 Å². The average Bonchev–Trinajstić information content (AvgIpc) is 2.47. The fraction of sp³-hybridized carbons (Fsp3) is 0.267. The first-order valence-corrected chi connectivity index (χ1v) is 6.70. The van der Waals surface area contributed by atoms with E-state index >= 15 is 0 Å². The topological polar surface area (TPSA) is 80.9 Å². The van der Waals surface area contributed by atoms with E-state index in [4.69, 9.17) is 5.73 Å². The van der Waals surface area contributed by atoms with Gasteiger partial charge in [0.25, 0.3) is 5.91 Å². The molecule has 1 aliphatic carbocycles. The molecule has 0 spiro atoms. The van der Waals surface area contributed by atoms with E-state index in [-0.39, 0.29) is 23.5 Å². The van der Waals surface area contributed by atoms with Crippen molar-refractivity contribution in [3.05, 3.63) is 53.5 Å². The van der Waals surface area contributed by atoms with Crippen molar-refractivity contribution in [2.75, 3.05) is 5.73 Å². The molecule has 0 fully saturated rings. The van der Waals surface area contributed by atoms with Gasteiger partial charge in [0.2, 0.25) is 0 Å². The van der Waals surface area contributed by atoms with E-state index in [1.807, 2.05) is 12.1 Å². The SMILES string of the molecule is Nc1cncc(C(=O)NC2CCCc3ccccc32)n1. The maximum atomic E-state index is 12.2.